The molecule has 0 bridgehead atoms. The van der Waals surface area contributed by atoms with Crippen molar-refractivity contribution in [2.75, 3.05) is 0 Å². The first-order valence-corrected chi connectivity index (χ1v) is 5.97. The molecule has 16 heavy (non-hydrogen) atoms. The molecule has 0 aliphatic rings. The Labute approximate surface area is 102 Å². The first-order chi connectivity index (χ1) is 7.66. The Bertz CT molecular complexity index is 454. The van der Waals surface area contributed by atoms with Crippen LogP contribution >= 0.6 is 11.6 Å². The largest absolute Gasteiger partial charge is 0.321 e. The Hall–Kier alpha value is -1.21. The molecule has 1 aromatic carbocycles. The van der Waals surface area contributed by atoms with Crippen molar-refractivity contribution < 1.29 is 0 Å². The van der Waals surface area contributed by atoms with E-state index in [0.29, 0.717) is 5.92 Å². The van der Waals surface area contributed by atoms with Crippen LogP contribution in [0.25, 0.3) is 5.69 Å². The summed E-state index contributed by atoms with van der Waals surface area (Å²) >= 11 is 5.89. The molecule has 0 saturated heterocycles. The Morgan fingerprint density at radius 1 is 1.12 bits per heavy atom. The monoisotopic (exact) mass is 233 g/mol. The van der Waals surface area contributed by atoms with E-state index in [-0.39, 0.29) is 0 Å². The Kier molecular flexibility index (Phi) is 3.35. The van der Waals surface area contributed by atoms with Crippen LogP contribution in [-0.2, 0) is 6.42 Å². The van der Waals surface area contributed by atoms with Crippen LogP contribution in [0.15, 0.2) is 42.6 Å². The number of hydrogen-bond donors (Lipinski definition) is 0. The van der Waals surface area contributed by atoms with Crippen molar-refractivity contribution in [2.45, 2.75) is 20.3 Å². The smallest absolute Gasteiger partial charge is 0.0453 e. The van der Waals surface area contributed by atoms with Crippen molar-refractivity contribution in [3.8, 4) is 5.69 Å². The van der Waals surface area contributed by atoms with Crippen LogP contribution in [0, 0.1) is 5.92 Å². The van der Waals surface area contributed by atoms with Crippen molar-refractivity contribution in [3.63, 3.8) is 0 Å². The molecule has 0 radical (unpaired) electrons. The van der Waals surface area contributed by atoms with Gasteiger partial charge in [0.05, 0.1) is 0 Å². The zero-order chi connectivity index (χ0) is 11.5. The molecular weight excluding hydrogens is 218 g/mol. The van der Waals surface area contributed by atoms with Crippen molar-refractivity contribution in [2.24, 2.45) is 5.92 Å². The molecule has 1 heterocycles. The summed E-state index contributed by atoms with van der Waals surface area (Å²) in [6.45, 7) is 4.47. The van der Waals surface area contributed by atoms with Gasteiger partial charge in [-0.25, -0.2) is 0 Å². The first-order valence-electron chi connectivity index (χ1n) is 5.59. The fraction of sp³-hybridized carbons (Fsp3) is 0.286. The highest BCUT2D eigenvalue weighted by Crippen LogP contribution is 2.18. The van der Waals surface area contributed by atoms with Gasteiger partial charge in [-0.3, -0.25) is 0 Å². The van der Waals surface area contributed by atoms with Gasteiger partial charge in [0.15, 0.2) is 0 Å². The topological polar surface area (TPSA) is 4.93 Å². The number of hydrogen-bond acceptors (Lipinski definition) is 0. The van der Waals surface area contributed by atoms with Gasteiger partial charge in [0, 0.05) is 22.6 Å². The van der Waals surface area contributed by atoms with Gasteiger partial charge in [0.2, 0.25) is 0 Å². The minimum atomic E-state index is 0.668. The van der Waals surface area contributed by atoms with Crippen LogP contribution in [0.3, 0.4) is 0 Å². The van der Waals surface area contributed by atoms with Gasteiger partial charge in [-0.15, -0.1) is 0 Å². The van der Waals surface area contributed by atoms with Crippen LogP contribution in [0.4, 0.5) is 0 Å². The average Bonchev–Trinajstić information content (AvgIpc) is 2.66. The van der Waals surface area contributed by atoms with E-state index in [1.807, 2.05) is 24.3 Å². The molecule has 0 fully saturated rings. The lowest BCUT2D eigenvalue weighted by Crippen LogP contribution is -2.02. The van der Waals surface area contributed by atoms with Gasteiger partial charge in [0.25, 0.3) is 0 Å². The summed E-state index contributed by atoms with van der Waals surface area (Å²) < 4.78 is 2.22. The number of nitrogens with zero attached hydrogens (tertiary/aromatic N) is 1. The highest BCUT2D eigenvalue weighted by Gasteiger charge is 2.05. The summed E-state index contributed by atoms with van der Waals surface area (Å²) in [6, 6.07) is 12.2. The van der Waals surface area contributed by atoms with E-state index in [2.05, 4.69) is 36.7 Å². The number of rotatable bonds is 3. The molecule has 0 aliphatic carbocycles. The number of benzene rings is 1. The van der Waals surface area contributed by atoms with Crippen molar-refractivity contribution in [1.82, 2.24) is 4.57 Å². The summed E-state index contributed by atoms with van der Waals surface area (Å²) in [5.41, 5.74) is 2.52. The molecule has 1 aromatic heterocycles. The van der Waals surface area contributed by atoms with Gasteiger partial charge in [0.1, 0.15) is 0 Å². The quantitative estimate of drug-likeness (QED) is 0.744. The predicted octanol–water partition coefficient (Wildman–Crippen LogP) is 4.33. The van der Waals surface area contributed by atoms with E-state index in [0.717, 1.165) is 11.4 Å². The van der Waals surface area contributed by atoms with E-state index in [1.165, 1.54) is 11.4 Å². The summed E-state index contributed by atoms with van der Waals surface area (Å²) in [5, 5.41) is 0.779. The lowest BCUT2D eigenvalue weighted by Gasteiger charge is -2.11. The molecule has 2 rings (SSSR count). The maximum Gasteiger partial charge on any atom is 0.0453 e. The van der Waals surface area contributed by atoms with Crippen LogP contribution < -0.4 is 0 Å². The fourth-order valence-corrected chi connectivity index (χ4v) is 1.98. The second-order valence-electron chi connectivity index (χ2n) is 4.44. The molecule has 84 valence electrons. The van der Waals surface area contributed by atoms with E-state index in [1.54, 1.807) is 0 Å². The average molecular weight is 234 g/mol. The predicted molar refractivity (Wildman–Crippen MR) is 69.3 cm³/mol. The first kappa shape index (κ1) is 11.3. The Morgan fingerprint density at radius 2 is 1.81 bits per heavy atom. The van der Waals surface area contributed by atoms with Crippen molar-refractivity contribution in [1.29, 1.82) is 0 Å². The maximum atomic E-state index is 5.89. The fourth-order valence-electron chi connectivity index (χ4n) is 1.85. The molecule has 2 heteroatoms. The van der Waals surface area contributed by atoms with Crippen molar-refractivity contribution >= 4 is 11.6 Å². The van der Waals surface area contributed by atoms with E-state index in [4.69, 9.17) is 11.6 Å². The molecule has 0 spiro atoms. The molecule has 0 saturated carbocycles. The highest BCUT2D eigenvalue weighted by atomic mass is 35.5. The van der Waals surface area contributed by atoms with Gasteiger partial charge in [-0.1, -0.05) is 25.4 Å². The van der Waals surface area contributed by atoms with Crippen molar-refractivity contribution in [3.05, 3.63) is 53.3 Å². The van der Waals surface area contributed by atoms with Gasteiger partial charge < -0.3 is 4.57 Å². The highest BCUT2D eigenvalue weighted by molar-refractivity contribution is 6.30. The zero-order valence-electron chi connectivity index (χ0n) is 9.65. The number of aromatic nitrogens is 1. The standard InChI is InChI=1S/C14H16ClN/c1-11(2)10-14-4-3-9-16(14)13-7-5-12(15)6-8-13/h3-9,11H,10H2,1-2H3. The van der Waals surface area contributed by atoms with Gasteiger partial charge in [-0.2, -0.15) is 0 Å². The van der Waals surface area contributed by atoms with E-state index < -0.39 is 0 Å². The molecule has 0 amide bonds. The third-order valence-corrected chi connectivity index (χ3v) is 2.81. The Balaban J connectivity index is 2.33. The summed E-state index contributed by atoms with van der Waals surface area (Å²) in [5.74, 6) is 0.668. The van der Waals surface area contributed by atoms with Crippen LogP contribution in [-0.4, -0.2) is 4.57 Å². The third kappa shape index (κ3) is 2.48. The molecule has 0 atom stereocenters. The minimum absolute atomic E-state index is 0.668. The zero-order valence-corrected chi connectivity index (χ0v) is 10.4. The summed E-state index contributed by atoms with van der Waals surface area (Å²) in [6.07, 6.45) is 3.19. The molecule has 0 N–H and O–H groups in total. The molecule has 1 nitrogen and oxygen atoms in total. The summed E-state index contributed by atoms with van der Waals surface area (Å²) in [7, 11) is 0. The molecule has 0 unspecified atom stereocenters. The molecular formula is C14H16ClN. The second kappa shape index (κ2) is 4.75. The molecule has 2 aromatic rings. The number of halogens is 1. The summed E-state index contributed by atoms with van der Waals surface area (Å²) in [4.78, 5) is 0. The Morgan fingerprint density at radius 3 is 2.44 bits per heavy atom. The van der Waals surface area contributed by atoms with E-state index in [9.17, 15) is 0 Å². The molecule has 0 aliphatic heterocycles. The minimum Gasteiger partial charge on any atom is -0.321 e. The van der Waals surface area contributed by atoms with Crippen LogP contribution in [0.2, 0.25) is 5.02 Å². The maximum absolute atomic E-state index is 5.89. The van der Waals surface area contributed by atoms with E-state index >= 15 is 0 Å². The SMILES string of the molecule is CC(C)Cc1cccn1-c1ccc(Cl)cc1. The van der Waals surface area contributed by atoms with Crippen LogP contribution in [0.5, 0.6) is 0 Å². The normalized spacial score (nSPS) is 11.0. The van der Waals surface area contributed by atoms with Gasteiger partial charge >= 0.3 is 0 Å². The van der Waals surface area contributed by atoms with Gasteiger partial charge in [-0.05, 0) is 48.7 Å². The lowest BCUT2D eigenvalue weighted by molar-refractivity contribution is 0.627. The lowest BCUT2D eigenvalue weighted by atomic mass is 10.1. The van der Waals surface area contributed by atoms with Crippen LogP contribution in [0.1, 0.15) is 19.5 Å². The third-order valence-electron chi connectivity index (χ3n) is 2.56. The second-order valence-corrected chi connectivity index (χ2v) is 4.88.